The Morgan fingerprint density at radius 1 is 1.28 bits per heavy atom. The van der Waals surface area contributed by atoms with Crippen molar-refractivity contribution in [2.45, 2.75) is 71.3 Å². The molecule has 0 unspecified atom stereocenters. The number of carbonyl (C=O) groups excluding carboxylic acids is 1. The summed E-state index contributed by atoms with van der Waals surface area (Å²) < 4.78 is 0. The summed E-state index contributed by atoms with van der Waals surface area (Å²) in [6.45, 7) is 4.55. The van der Waals surface area contributed by atoms with Crippen LogP contribution in [0.3, 0.4) is 0 Å². The van der Waals surface area contributed by atoms with Gasteiger partial charge in [0.15, 0.2) is 0 Å². The molecule has 0 radical (unpaired) electrons. The number of aliphatic hydroxyl groups excluding tert-OH is 1. The summed E-state index contributed by atoms with van der Waals surface area (Å²) in [5, 5.41) is 8.97. The predicted molar refractivity (Wildman–Crippen MR) is 74.4 cm³/mol. The summed E-state index contributed by atoms with van der Waals surface area (Å²) >= 11 is 0. The van der Waals surface area contributed by atoms with Crippen molar-refractivity contribution >= 4 is 5.91 Å². The minimum absolute atomic E-state index is 0.0620. The number of nitrogens with zero attached hydrogens (tertiary/aromatic N) is 1. The fourth-order valence-corrected chi connectivity index (χ4v) is 2.94. The molecule has 0 heterocycles. The van der Waals surface area contributed by atoms with Crippen LogP contribution in [0.4, 0.5) is 0 Å². The highest BCUT2D eigenvalue weighted by atomic mass is 16.3. The van der Waals surface area contributed by atoms with Crippen LogP contribution in [0.5, 0.6) is 0 Å². The zero-order valence-electron chi connectivity index (χ0n) is 12.0. The van der Waals surface area contributed by atoms with Gasteiger partial charge in [-0.15, -0.1) is 0 Å². The van der Waals surface area contributed by atoms with E-state index < -0.39 is 0 Å². The molecular weight excluding hydrogens is 226 g/mol. The Balaban J connectivity index is 2.21. The molecule has 0 aromatic heterocycles. The number of hydrogen-bond acceptors (Lipinski definition) is 2. The molecule has 1 aliphatic rings. The second-order valence-electron chi connectivity index (χ2n) is 5.80. The third-order valence-electron chi connectivity index (χ3n) is 4.01. The number of rotatable bonds is 7. The number of amides is 1. The minimum Gasteiger partial charge on any atom is -0.395 e. The van der Waals surface area contributed by atoms with Crippen LogP contribution in [0.15, 0.2) is 0 Å². The van der Waals surface area contributed by atoms with Crippen LogP contribution in [0.25, 0.3) is 0 Å². The summed E-state index contributed by atoms with van der Waals surface area (Å²) in [5.41, 5.74) is 0. The van der Waals surface area contributed by atoms with Crippen LogP contribution in [0.2, 0.25) is 0 Å². The van der Waals surface area contributed by atoms with Gasteiger partial charge in [0.1, 0.15) is 0 Å². The van der Waals surface area contributed by atoms with Gasteiger partial charge in [-0.05, 0) is 32.6 Å². The smallest absolute Gasteiger partial charge is 0.222 e. The molecule has 0 bridgehead atoms. The van der Waals surface area contributed by atoms with E-state index >= 15 is 0 Å². The molecular formula is C15H29NO2. The van der Waals surface area contributed by atoms with Crippen LogP contribution in [-0.2, 0) is 4.79 Å². The van der Waals surface area contributed by atoms with Crippen LogP contribution >= 0.6 is 0 Å². The maximum Gasteiger partial charge on any atom is 0.222 e. The first kappa shape index (κ1) is 15.5. The largest absolute Gasteiger partial charge is 0.395 e. The van der Waals surface area contributed by atoms with Crippen molar-refractivity contribution in [3.63, 3.8) is 0 Å². The summed E-state index contributed by atoms with van der Waals surface area (Å²) in [5.74, 6) is 1.06. The molecule has 1 N–H and O–H groups in total. The Labute approximate surface area is 112 Å². The summed E-state index contributed by atoms with van der Waals surface area (Å²) in [6.07, 6.45) is 9.73. The molecule has 0 aliphatic heterocycles. The quantitative estimate of drug-likeness (QED) is 0.760. The predicted octanol–water partition coefficient (Wildman–Crippen LogP) is 2.97. The van der Waals surface area contributed by atoms with Crippen molar-refractivity contribution in [2.24, 2.45) is 5.92 Å². The second-order valence-corrected chi connectivity index (χ2v) is 5.80. The molecule has 1 rings (SSSR count). The zero-order chi connectivity index (χ0) is 13.4. The van der Waals surface area contributed by atoms with E-state index in [4.69, 9.17) is 5.11 Å². The molecule has 18 heavy (non-hydrogen) atoms. The summed E-state index contributed by atoms with van der Waals surface area (Å²) in [4.78, 5) is 13.8. The van der Waals surface area contributed by atoms with Gasteiger partial charge in [0.25, 0.3) is 0 Å². The lowest BCUT2D eigenvalue weighted by Gasteiger charge is -2.26. The third-order valence-corrected chi connectivity index (χ3v) is 4.01. The standard InChI is InChI=1S/C15H29NO2/c1-13(2)16(11-12-17)15(18)10-6-9-14-7-4-3-5-8-14/h13-14,17H,3-12H2,1-2H3. The number of hydrogen-bond donors (Lipinski definition) is 1. The molecule has 1 amide bonds. The van der Waals surface area contributed by atoms with Gasteiger partial charge < -0.3 is 10.0 Å². The van der Waals surface area contributed by atoms with Crippen LogP contribution in [0, 0.1) is 5.92 Å². The van der Waals surface area contributed by atoms with Crippen molar-refractivity contribution in [3.8, 4) is 0 Å². The van der Waals surface area contributed by atoms with Crippen molar-refractivity contribution in [1.82, 2.24) is 4.90 Å². The first-order valence-electron chi connectivity index (χ1n) is 7.55. The highest BCUT2D eigenvalue weighted by Crippen LogP contribution is 2.27. The van der Waals surface area contributed by atoms with Gasteiger partial charge in [-0.25, -0.2) is 0 Å². The first-order chi connectivity index (χ1) is 8.65. The minimum atomic E-state index is 0.0620. The fourth-order valence-electron chi connectivity index (χ4n) is 2.94. The Bertz CT molecular complexity index is 235. The van der Waals surface area contributed by atoms with E-state index in [0.29, 0.717) is 13.0 Å². The monoisotopic (exact) mass is 255 g/mol. The maximum absolute atomic E-state index is 12.0. The molecule has 0 aromatic carbocycles. The number of carbonyl (C=O) groups is 1. The molecule has 3 nitrogen and oxygen atoms in total. The van der Waals surface area contributed by atoms with Gasteiger partial charge in [-0.2, -0.15) is 0 Å². The van der Waals surface area contributed by atoms with Gasteiger partial charge in [-0.3, -0.25) is 4.79 Å². The maximum atomic E-state index is 12.0. The van der Waals surface area contributed by atoms with Crippen molar-refractivity contribution in [3.05, 3.63) is 0 Å². The fraction of sp³-hybridized carbons (Fsp3) is 0.933. The first-order valence-corrected chi connectivity index (χ1v) is 7.55. The molecule has 0 aromatic rings. The van der Waals surface area contributed by atoms with Crippen molar-refractivity contribution < 1.29 is 9.90 Å². The summed E-state index contributed by atoms with van der Waals surface area (Å²) in [7, 11) is 0. The SMILES string of the molecule is CC(C)N(CCO)C(=O)CCCC1CCCCC1. The van der Waals surface area contributed by atoms with Gasteiger partial charge >= 0.3 is 0 Å². The third kappa shape index (κ3) is 5.38. The van der Waals surface area contributed by atoms with Gasteiger partial charge in [-0.1, -0.05) is 32.1 Å². The second kappa shape index (κ2) is 8.52. The molecule has 1 aliphatic carbocycles. The van der Waals surface area contributed by atoms with E-state index in [1.807, 2.05) is 13.8 Å². The average molecular weight is 255 g/mol. The Morgan fingerprint density at radius 2 is 1.94 bits per heavy atom. The normalized spacial score (nSPS) is 17.1. The van der Waals surface area contributed by atoms with Gasteiger partial charge in [0, 0.05) is 19.0 Å². The summed E-state index contributed by atoms with van der Waals surface area (Å²) in [6, 6.07) is 0.194. The van der Waals surface area contributed by atoms with E-state index in [2.05, 4.69) is 0 Å². The highest BCUT2D eigenvalue weighted by molar-refractivity contribution is 5.76. The van der Waals surface area contributed by atoms with Crippen LogP contribution in [0.1, 0.15) is 65.2 Å². The van der Waals surface area contributed by atoms with Crippen LogP contribution < -0.4 is 0 Å². The molecule has 3 heteroatoms. The van der Waals surface area contributed by atoms with Crippen LogP contribution in [-0.4, -0.2) is 35.1 Å². The highest BCUT2D eigenvalue weighted by Gasteiger charge is 2.17. The Hall–Kier alpha value is -0.570. The van der Waals surface area contributed by atoms with Crippen molar-refractivity contribution in [2.75, 3.05) is 13.2 Å². The Morgan fingerprint density at radius 3 is 2.50 bits per heavy atom. The Kier molecular flexibility index (Phi) is 7.33. The number of aliphatic hydroxyl groups is 1. The van der Waals surface area contributed by atoms with Crippen molar-refractivity contribution in [1.29, 1.82) is 0 Å². The zero-order valence-corrected chi connectivity index (χ0v) is 12.0. The van der Waals surface area contributed by atoms with E-state index in [0.717, 1.165) is 12.3 Å². The lowest BCUT2D eigenvalue weighted by atomic mass is 9.86. The van der Waals surface area contributed by atoms with E-state index in [-0.39, 0.29) is 18.6 Å². The van der Waals surface area contributed by atoms with E-state index in [1.165, 1.54) is 38.5 Å². The lowest BCUT2D eigenvalue weighted by Crippen LogP contribution is -2.38. The molecule has 1 fully saturated rings. The van der Waals surface area contributed by atoms with Gasteiger partial charge in [0.05, 0.1) is 6.61 Å². The van der Waals surface area contributed by atoms with Gasteiger partial charge in [0.2, 0.25) is 5.91 Å². The molecule has 0 saturated heterocycles. The topological polar surface area (TPSA) is 40.5 Å². The van der Waals surface area contributed by atoms with E-state index in [1.54, 1.807) is 4.90 Å². The lowest BCUT2D eigenvalue weighted by molar-refractivity contribution is -0.133. The average Bonchev–Trinajstić information content (AvgIpc) is 2.36. The molecule has 0 spiro atoms. The molecule has 0 atom stereocenters. The molecule has 1 saturated carbocycles. The molecule has 106 valence electrons. The van der Waals surface area contributed by atoms with E-state index in [9.17, 15) is 4.79 Å².